The Kier molecular flexibility index (Phi) is 4.86. The van der Waals surface area contributed by atoms with Gasteiger partial charge in [-0.25, -0.2) is 8.78 Å². The van der Waals surface area contributed by atoms with Crippen LogP contribution < -0.4 is 11.1 Å². The number of anilines is 1. The molecule has 0 saturated heterocycles. The minimum absolute atomic E-state index is 0.0221. The summed E-state index contributed by atoms with van der Waals surface area (Å²) in [5, 5.41) is 3.32. The van der Waals surface area contributed by atoms with E-state index in [1.165, 1.54) is 0 Å². The van der Waals surface area contributed by atoms with Crippen LogP contribution in [0.25, 0.3) is 0 Å². The molecule has 1 fully saturated rings. The van der Waals surface area contributed by atoms with Gasteiger partial charge in [-0.05, 0) is 44.1 Å². The third kappa shape index (κ3) is 3.23. The summed E-state index contributed by atoms with van der Waals surface area (Å²) in [6, 6.07) is 2.11. The molecule has 0 unspecified atom stereocenters. The number of halogens is 2. The third-order valence-corrected chi connectivity index (χ3v) is 4.83. The summed E-state index contributed by atoms with van der Waals surface area (Å²) in [6.07, 6.45) is 5.76. The number of nitrogens with one attached hydrogen (secondary N) is 1. The van der Waals surface area contributed by atoms with Crippen molar-refractivity contribution in [3.63, 3.8) is 0 Å². The Hall–Kier alpha value is -1.30. The van der Waals surface area contributed by atoms with Crippen molar-refractivity contribution in [2.24, 2.45) is 0 Å². The number of rotatable bonds is 3. The first kappa shape index (κ1) is 15.1. The first-order chi connectivity index (χ1) is 9.52. The number of hydrogen-bond acceptors (Lipinski definition) is 3. The van der Waals surface area contributed by atoms with Gasteiger partial charge in [0.25, 0.3) is 5.91 Å². The Balaban J connectivity index is 2.04. The summed E-state index contributed by atoms with van der Waals surface area (Å²) in [4.78, 5) is 12.0. The van der Waals surface area contributed by atoms with E-state index >= 15 is 0 Å². The monoisotopic (exact) mass is 300 g/mol. The molecule has 1 amide bonds. The van der Waals surface area contributed by atoms with Crippen molar-refractivity contribution in [2.75, 3.05) is 12.0 Å². The summed E-state index contributed by atoms with van der Waals surface area (Å²) in [5.41, 5.74) is 4.57. The molecule has 2 rings (SSSR count). The normalized spacial score (nSPS) is 22.6. The molecule has 0 radical (unpaired) electrons. The van der Waals surface area contributed by atoms with E-state index in [1.54, 1.807) is 0 Å². The Bertz CT molecular complexity index is 502. The fourth-order valence-electron chi connectivity index (χ4n) is 2.48. The molecule has 0 spiro atoms. The van der Waals surface area contributed by atoms with Crippen LogP contribution in [0.5, 0.6) is 0 Å². The first-order valence-electron chi connectivity index (χ1n) is 6.60. The van der Waals surface area contributed by atoms with Crippen LogP contribution in [-0.4, -0.2) is 23.5 Å². The summed E-state index contributed by atoms with van der Waals surface area (Å²) in [5.74, 6) is -2.59. The maximum absolute atomic E-state index is 13.8. The summed E-state index contributed by atoms with van der Waals surface area (Å²) in [6.45, 7) is 0. The largest absolute Gasteiger partial charge is 0.396 e. The van der Waals surface area contributed by atoms with Gasteiger partial charge < -0.3 is 11.1 Å². The second-order valence-electron chi connectivity index (χ2n) is 5.01. The van der Waals surface area contributed by atoms with Gasteiger partial charge in [-0.1, -0.05) is 0 Å². The van der Waals surface area contributed by atoms with Crippen LogP contribution in [0.2, 0.25) is 0 Å². The van der Waals surface area contributed by atoms with Gasteiger partial charge in [0.2, 0.25) is 0 Å². The number of nitrogen functional groups attached to an aromatic ring is 1. The van der Waals surface area contributed by atoms with Crippen LogP contribution in [0, 0.1) is 11.6 Å². The molecule has 0 bridgehead atoms. The second-order valence-corrected chi connectivity index (χ2v) is 6.15. The second kappa shape index (κ2) is 6.43. The summed E-state index contributed by atoms with van der Waals surface area (Å²) in [7, 11) is 0. The zero-order chi connectivity index (χ0) is 14.7. The van der Waals surface area contributed by atoms with Gasteiger partial charge in [0.15, 0.2) is 5.82 Å². The molecule has 0 heterocycles. The molecule has 0 atom stereocenters. The van der Waals surface area contributed by atoms with Gasteiger partial charge in [0.1, 0.15) is 11.4 Å². The lowest BCUT2D eigenvalue weighted by Crippen LogP contribution is -2.39. The average molecular weight is 300 g/mol. The predicted octanol–water partition coefficient (Wildman–Crippen LogP) is 2.95. The average Bonchev–Trinajstić information content (AvgIpc) is 2.44. The highest BCUT2D eigenvalue weighted by molar-refractivity contribution is 7.99. The molecule has 1 aliphatic carbocycles. The Morgan fingerprint density at radius 2 is 1.95 bits per heavy atom. The molecule has 110 valence electrons. The Morgan fingerprint density at radius 3 is 2.55 bits per heavy atom. The molecule has 1 aliphatic rings. The minimum atomic E-state index is -0.986. The standard InChI is InChI=1S/C14H18F2N2OS/c1-20-9-4-2-8(3-5-9)18-14(19)12-10(15)6-7-11(17)13(12)16/h6-9H,2-5,17H2,1H3,(H,18,19). The van der Waals surface area contributed by atoms with Gasteiger partial charge in [-0.3, -0.25) is 4.79 Å². The molecule has 0 aliphatic heterocycles. The lowest BCUT2D eigenvalue weighted by atomic mass is 9.94. The highest BCUT2D eigenvalue weighted by atomic mass is 32.2. The van der Waals surface area contributed by atoms with Crippen molar-refractivity contribution in [1.29, 1.82) is 0 Å². The zero-order valence-electron chi connectivity index (χ0n) is 11.3. The van der Waals surface area contributed by atoms with Crippen molar-refractivity contribution < 1.29 is 13.6 Å². The van der Waals surface area contributed by atoms with Crippen LogP contribution in [0.4, 0.5) is 14.5 Å². The highest BCUT2D eigenvalue weighted by Gasteiger charge is 2.25. The fraction of sp³-hybridized carbons (Fsp3) is 0.500. The van der Waals surface area contributed by atoms with Gasteiger partial charge in [-0.2, -0.15) is 11.8 Å². The van der Waals surface area contributed by atoms with E-state index in [1.807, 2.05) is 11.8 Å². The molecule has 1 aromatic rings. The van der Waals surface area contributed by atoms with Crippen molar-refractivity contribution in [3.05, 3.63) is 29.3 Å². The number of carbonyl (C=O) groups excluding carboxylic acids is 1. The number of carbonyl (C=O) groups is 1. The van der Waals surface area contributed by atoms with Crippen molar-refractivity contribution in [3.8, 4) is 0 Å². The Labute approximate surface area is 121 Å². The molecule has 1 saturated carbocycles. The van der Waals surface area contributed by atoms with E-state index in [0.717, 1.165) is 37.8 Å². The number of thioether (sulfide) groups is 1. The molecule has 3 nitrogen and oxygen atoms in total. The fourth-order valence-corrected chi connectivity index (χ4v) is 3.22. The summed E-state index contributed by atoms with van der Waals surface area (Å²) >= 11 is 1.82. The van der Waals surface area contributed by atoms with E-state index in [-0.39, 0.29) is 11.7 Å². The van der Waals surface area contributed by atoms with Gasteiger partial charge in [-0.15, -0.1) is 0 Å². The van der Waals surface area contributed by atoms with Crippen LogP contribution in [-0.2, 0) is 0 Å². The van der Waals surface area contributed by atoms with Crippen LogP contribution in [0.15, 0.2) is 12.1 Å². The predicted molar refractivity (Wildman–Crippen MR) is 77.8 cm³/mol. The van der Waals surface area contributed by atoms with Crippen molar-refractivity contribution in [1.82, 2.24) is 5.32 Å². The van der Waals surface area contributed by atoms with Crippen molar-refractivity contribution in [2.45, 2.75) is 37.0 Å². The molecule has 1 aromatic carbocycles. The van der Waals surface area contributed by atoms with Crippen LogP contribution in [0.3, 0.4) is 0 Å². The number of amides is 1. The smallest absolute Gasteiger partial charge is 0.257 e. The minimum Gasteiger partial charge on any atom is -0.396 e. The zero-order valence-corrected chi connectivity index (χ0v) is 12.1. The van der Waals surface area contributed by atoms with E-state index < -0.39 is 23.1 Å². The number of hydrogen-bond donors (Lipinski definition) is 2. The van der Waals surface area contributed by atoms with E-state index in [4.69, 9.17) is 5.73 Å². The van der Waals surface area contributed by atoms with Crippen molar-refractivity contribution >= 4 is 23.4 Å². The van der Waals surface area contributed by atoms with E-state index in [2.05, 4.69) is 11.6 Å². The van der Waals surface area contributed by atoms with Gasteiger partial charge in [0, 0.05) is 11.3 Å². The highest BCUT2D eigenvalue weighted by Crippen LogP contribution is 2.27. The number of nitrogens with two attached hydrogens (primary N) is 1. The molecule has 0 aromatic heterocycles. The Morgan fingerprint density at radius 1 is 1.30 bits per heavy atom. The van der Waals surface area contributed by atoms with Gasteiger partial charge in [0.05, 0.1) is 5.69 Å². The topological polar surface area (TPSA) is 55.1 Å². The lowest BCUT2D eigenvalue weighted by Gasteiger charge is -2.28. The molecular weight excluding hydrogens is 282 g/mol. The maximum atomic E-state index is 13.8. The lowest BCUT2D eigenvalue weighted by molar-refractivity contribution is 0.0919. The van der Waals surface area contributed by atoms with Crippen LogP contribution >= 0.6 is 11.8 Å². The molecule has 20 heavy (non-hydrogen) atoms. The SMILES string of the molecule is CSC1CCC(NC(=O)c2c(F)ccc(N)c2F)CC1. The molecular formula is C14H18F2N2OS. The van der Waals surface area contributed by atoms with E-state index in [0.29, 0.717) is 5.25 Å². The van der Waals surface area contributed by atoms with Gasteiger partial charge >= 0.3 is 0 Å². The molecule has 3 N–H and O–H groups in total. The number of benzene rings is 1. The first-order valence-corrected chi connectivity index (χ1v) is 7.88. The van der Waals surface area contributed by atoms with Crippen LogP contribution in [0.1, 0.15) is 36.0 Å². The third-order valence-electron chi connectivity index (χ3n) is 3.69. The van der Waals surface area contributed by atoms with E-state index in [9.17, 15) is 13.6 Å². The maximum Gasteiger partial charge on any atom is 0.257 e. The molecule has 6 heteroatoms. The summed E-state index contributed by atoms with van der Waals surface area (Å²) < 4.78 is 27.3. The quantitative estimate of drug-likeness (QED) is 0.844.